The first-order chi connectivity index (χ1) is 8.24. The highest BCUT2D eigenvalue weighted by Gasteiger charge is 2.20. The SMILES string of the molecule is COc1ccc(OC)c(C2CCN=C(N)N2)c1. The number of hydrogen-bond acceptors (Lipinski definition) is 5. The van der Waals surface area contributed by atoms with Crippen LogP contribution in [0.4, 0.5) is 0 Å². The van der Waals surface area contributed by atoms with E-state index < -0.39 is 0 Å². The van der Waals surface area contributed by atoms with E-state index in [9.17, 15) is 0 Å². The van der Waals surface area contributed by atoms with Crippen LogP contribution in [0.2, 0.25) is 0 Å². The highest BCUT2D eigenvalue weighted by Crippen LogP contribution is 2.31. The molecule has 0 spiro atoms. The van der Waals surface area contributed by atoms with Crippen LogP contribution in [0.5, 0.6) is 11.5 Å². The van der Waals surface area contributed by atoms with Gasteiger partial charge in [-0.3, -0.25) is 4.99 Å². The summed E-state index contributed by atoms with van der Waals surface area (Å²) >= 11 is 0. The summed E-state index contributed by atoms with van der Waals surface area (Å²) in [4.78, 5) is 4.11. The fourth-order valence-electron chi connectivity index (χ4n) is 1.96. The van der Waals surface area contributed by atoms with Crippen molar-refractivity contribution in [2.75, 3.05) is 20.8 Å². The molecule has 0 aliphatic carbocycles. The Balaban J connectivity index is 2.32. The molecule has 1 aromatic rings. The van der Waals surface area contributed by atoms with Crippen LogP contribution in [0.3, 0.4) is 0 Å². The fraction of sp³-hybridized carbons (Fsp3) is 0.417. The molecule has 17 heavy (non-hydrogen) atoms. The molecule has 0 radical (unpaired) electrons. The summed E-state index contributed by atoms with van der Waals surface area (Å²) in [6.45, 7) is 0.726. The fourth-order valence-corrected chi connectivity index (χ4v) is 1.96. The summed E-state index contributed by atoms with van der Waals surface area (Å²) in [6.07, 6.45) is 0.893. The number of hydrogen-bond donors (Lipinski definition) is 2. The number of nitrogens with two attached hydrogens (primary N) is 1. The minimum absolute atomic E-state index is 0.123. The Bertz CT molecular complexity index is 432. The molecule has 1 aliphatic heterocycles. The van der Waals surface area contributed by atoms with E-state index in [-0.39, 0.29) is 6.04 Å². The molecule has 2 rings (SSSR count). The Morgan fingerprint density at radius 1 is 1.35 bits per heavy atom. The van der Waals surface area contributed by atoms with Crippen molar-refractivity contribution >= 4 is 5.96 Å². The Kier molecular flexibility index (Phi) is 3.37. The van der Waals surface area contributed by atoms with Crippen LogP contribution in [-0.4, -0.2) is 26.7 Å². The van der Waals surface area contributed by atoms with Gasteiger partial charge in [-0.2, -0.15) is 0 Å². The lowest BCUT2D eigenvalue weighted by molar-refractivity contribution is 0.391. The number of nitrogens with one attached hydrogen (secondary N) is 1. The predicted molar refractivity (Wildman–Crippen MR) is 66.5 cm³/mol. The normalized spacial score (nSPS) is 19.2. The third kappa shape index (κ3) is 2.43. The standard InChI is InChI=1S/C12H17N3O2/c1-16-8-3-4-11(17-2)9(7-8)10-5-6-14-12(13)15-10/h3-4,7,10H,5-6H2,1-2H3,(H3,13,14,15). The zero-order chi connectivity index (χ0) is 12.3. The maximum absolute atomic E-state index is 5.69. The minimum atomic E-state index is 0.123. The molecule has 92 valence electrons. The molecule has 5 nitrogen and oxygen atoms in total. The number of ether oxygens (including phenoxy) is 2. The van der Waals surface area contributed by atoms with Crippen molar-refractivity contribution in [1.82, 2.24) is 5.32 Å². The molecular formula is C12H17N3O2. The lowest BCUT2D eigenvalue weighted by atomic mass is 10.0. The highest BCUT2D eigenvalue weighted by atomic mass is 16.5. The zero-order valence-corrected chi connectivity index (χ0v) is 10.1. The first kappa shape index (κ1) is 11.6. The molecule has 0 bridgehead atoms. The Morgan fingerprint density at radius 3 is 2.82 bits per heavy atom. The van der Waals surface area contributed by atoms with Crippen LogP contribution in [0.1, 0.15) is 18.0 Å². The van der Waals surface area contributed by atoms with Crippen molar-refractivity contribution in [1.29, 1.82) is 0 Å². The first-order valence-electron chi connectivity index (χ1n) is 5.53. The van der Waals surface area contributed by atoms with Gasteiger partial charge in [0.1, 0.15) is 11.5 Å². The second-order valence-corrected chi connectivity index (χ2v) is 3.86. The summed E-state index contributed by atoms with van der Waals surface area (Å²) in [6, 6.07) is 5.87. The van der Waals surface area contributed by atoms with Gasteiger partial charge in [-0.25, -0.2) is 0 Å². The van der Waals surface area contributed by atoms with Gasteiger partial charge in [0.15, 0.2) is 5.96 Å². The zero-order valence-electron chi connectivity index (χ0n) is 10.1. The lowest BCUT2D eigenvalue weighted by Crippen LogP contribution is -2.38. The van der Waals surface area contributed by atoms with Crippen LogP contribution in [-0.2, 0) is 0 Å². The van der Waals surface area contributed by atoms with Crippen molar-refractivity contribution in [3.8, 4) is 11.5 Å². The Labute approximate surface area is 101 Å². The number of benzene rings is 1. The predicted octanol–water partition coefficient (Wildman–Crippen LogP) is 1.05. The molecule has 1 aromatic carbocycles. The van der Waals surface area contributed by atoms with E-state index in [0.717, 1.165) is 30.0 Å². The van der Waals surface area contributed by atoms with Crippen molar-refractivity contribution in [3.63, 3.8) is 0 Å². The molecule has 0 saturated heterocycles. The summed E-state index contributed by atoms with van der Waals surface area (Å²) < 4.78 is 10.6. The summed E-state index contributed by atoms with van der Waals surface area (Å²) in [5.74, 6) is 2.12. The van der Waals surface area contributed by atoms with Crippen molar-refractivity contribution in [3.05, 3.63) is 23.8 Å². The summed E-state index contributed by atoms with van der Waals surface area (Å²) in [5, 5.41) is 3.15. The third-order valence-corrected chi connectivity index (χ3v) is 2.83. The van der Waals surface area contributed by atoms with E-state index in [0.29, 0.717) is 5.96 Å². The highest BCUT2D eigenvalue weighted by molar-refractivity contribution is 5.79. The van der Waals surface area contributed by atoms with Crippen molar-refractivity contribution in [2.24, 2.45) is 10.7 Å². The van der Waals surface area contributed by atoms with Gasteiger partial charge in [0.25, 0.3) is 0 Å². The van der Waals surface area contributed by atoms with Gasteiger partial charge in [-0.1, -0.05) is 0 Å². The molecule has 0 fully saturated rings. The molecule has 0 amide bonds. The number of methoxy groups -OCH3 is 2. The maximum atomic E-state index is 5.69. The number of rotatable bonds is 3. The monoisotopic (exact) mass is 235 g/mol. The smallest absolute Gasteiger partial charge is 0.189 e. The van der Waals surface area contributed by atoms with Crippen LogP contribution in [0, 0.1) is 0 Å². The molecule has 0 saturated carbocycles. The largest absolute Gasteiger partial charge is 0.497 e. The van der Waals surface area contributed by atoms with Gasteiger partial charge in [0.2, 0.25) is 0 Å². The second kappa shape index (κ2) is 4.95. The van der Waals surface area contributed by atoms with E-state index in [1.807, 2.05) is 18.2 Å². The Hall–Kier alpha value is -1.91. The van der Waals surface area contributed by atoms with Gasteiger partial charge in [0, 0.05) is 12.1 Å². The number of guanidine groups is 1. The molecule has 1 aliphatic rings. The van der Waals surface area contributed by atoms with Gasteiger partial charge >= 0.3 is 0 Å². The topological polar surface area (TPSA) is 68.9 Å². The lowest BCUT2D eigenvalue weighted by Gasteiger charge is -2.24. The van der Waals surface area contributed by atoms with E-state index in [1.165, 1.54) is 0 Å². The van der Waals surface area contributed by atoms with Crippen molar-refractivity contribution < 1.29 is 9.47 Å². The average Bonchev–Trinajstić information content (AvgIpc) is 2.38. The van der Waals surface area contributed by atoms with Crippen LogP contribution < -0.4 is 20.5 Å². The maximum Gasteiger partial charge on any atom is 0.189 e. The molecule has 0 aromatic heterocycles. The summed E-state index contributed by atoms with van der Waals surface area (Å²) in [7, 11) is 3.31. The minimum Gasteiger partial charge on any atom is -0.497 e. The number of aliphatic imine (C=N–C) groups is 1. The van der Waals surface area contributed by atoms with Crippen molar-refractivity contribution in [2.45, 2.75) is 12.5 Å². The van der Waals surface area contributed by atoms with E-state index in [1.54, 1.807) is 14.2 Å². The van der Waals surface area contributed by atoms with Gasteiger partial charge in [0.05, 0.1) is 20.3 Å². The third-order valence-electron chi connectivity index (χ3n) is 2.83. The Morgan fingerprint density at radius 2 is 2.18 bits per heavy atom. The van der Waals surface area contributed by atoms with E-state index in [4.69, 9.17) is 15.2 Å². The quantitative estimate of drug-likeness (QED) is 0.821. The molecule has 1 atom stereocenters. The first-order valence-corrected chi connectivity index (χ1v) is 5.53. The second-order valence-electron chi connectivity index (χ2n) is 3.86. The molecule has 1 unspecified atom stereocenters. The van der Waals surface area contributed by atoms with Gasteiger partial charge in [-0.15, -0.1) is 0 Å². The average molecular weight is 235 g/mol. The van der Waals surface area contributed by atoms with Gasteiger partial charge in [-0.05, 0) is 24.6 Å². The van der Waals surface area contributed by atoms with E-state index >= 15 is 0 Å². The molecular weight excluding hydrogens is 218 g/mol. The number of nitrogens with zero attached hydrogens (tertiary/aromatic N) is 1. The van der Waals surface area contributed by atoms with E-state index in [2.05, 4.69) is 10.3 Å². The molecule has 3 N–H and O–H groups in total. The summed E-state index contributed by atoms with van der Waals surface area (Å²) in [5.41, 5.74) is 6.74. The van der Waals surface area contributed by atoms with Crippen LogP contribution in [0.15, 0.2) is 23.2 Å². The van der Waals surface area contributed by atoms with Gasteiger partial charge < -0.3 is 20.5 Å². The van der Waals surface area contributed by atoms with Crippen LogP contribution in [0.25, 0.3) is 0 Å². The molecule has 1 heterocycles. The van der Waals surface area contributed by atoms with Crippen LogP contribution >= 0.6 is 0 Å². The molecule has 5 heteroatoms.